The Bertz CT molecular complexity index is 542. The van der Waals surface area contributed by atoms with E-state index in [1.807, 2.05) is 5.32 Å². The van der Waals surface area contributed by atoms with Crippen LogP contribution in [0.15, 0.2) is 23.5 Å². The van der Waals surface area contributed by atoms with Crippen molar-refractivity contribution in [2.45, 2.75) is 39.2 Å². The van der Waals surface area contributed by atoms with Crippen molar-refractivity contribution in [3.8, 4) is 0 Å². The van der Waals surface area contributed by atoms with Crippen LogP contribution in [-0.2, 0) is 9.53 Å². The van der Waals surface area contributed by atoms with Crippen molar-refractivity contribution in [2.24, 2.45) is 4.99 Å². The number of hydrogen-bond donors (Lipinski definition) is 1. The molecule has 0 radical (unpaired) electrons. The summed E-state index contributed by atoms with van der Waals surface area (Å²) in [5.74, 6) is -5.71. The van der Waals surface area contributed by atoms with E-state index >= 15 is 0 Å². The van der Waals surface area contributed by atoms with E-state index in [2.05, 4.69) is 10.1 Å². The predicted molar refractivity (Wildman–Crippen MR) is 70.1 cm³/mol. The van der Waals surface area contributed by atoms with Gasteiger partial charge in [0.1, 0.15) is 5.60 Å². The third kappa shape index (κ3) is 5.67. The lowest BCUT2D eigenvalue weighted by atomic mass is 10.2. The van der Waals surface area contributed by atoms with Gasteiger partial charge in [-0.2, -0.15) is 13.9 Å². The van der Waals surface area contributed by atoms with Crippen LogP contribution in [0.25, 0.3) is 0 Å². The minimum absolute atomic E-state index is 0.427. The Morgan fingerprint density at radius 3 is 2.33 bits per heavy atom. The normalized spacial score (nSPS) is 13.0. The standard InChI is InChI=1S/C12H16F2N4O3/c1-11(2,3)21-10(20)17-9(18-7-5-6-15-18)16-8(19)12(4,13)14/h5-7H,1-4H3,(H,16,17,19,20). The van der Waals surface area contributed by atoms with Crippen molar-refractivity contribution in [3.63, 3.8) is 0 Å². The third-order valence-electron chi connectivity index (χ3n) is 1.94. The highest BCUT2D eigenvalue weighted by Crippen LogP contribution is 2.11. The Morgan fingerprint density at radius 2 is 1.90 bits per heavy atom. The molecule has 1 N–H and O–H groups in total. The maximum Gasteiger partial charge on any atom is 0.437 e. The van der Waals surface area contributed by atoms with Crippen LogP contribution in [0.5, 0.6) is 0 Å². The van der Waals surface area contributed by atoms with Crippen LogP contribution in [0.4, 0.5) is 13.6 Å². The largest absolute Gasteiger partial charge is 0.442 e. The van der Waals surface area contributed by atoms with E-state index in [9.17, 15) is 18.4 Å². The fourth-order valence-electron chi connectivity index (χ4n) is 1.11. The molecule has 116 valence electrons. The van der Waals surface area contributed by atoms with Crippen molar-refractivity contribution < 1.29 is 23.1 Å². The van der Waals surface area contributed by atoms with Crippen molar-refractivity contribution in [2.75, 3.05) is 0 Å². The van der Waals surface area contributed by atoms with Crippen LogP contribution in [0.2, 0.25) is 0 Å². The number of carbonyl (C=O) groups is 2. The van der Waals surface area contributed by atoms with Gasteiger partial charge in [-0.3, -0.25) is 10.1 Å². The second-order valence-electron chi connectivity index (χ2n) is 5.21. The summed E-state index contributed by atoms with van der Waals surface area (Å²) < 4.78 is 31.7. The molecule has 0 aliphatic heterocycles. The molecule has 21 heavy (non-hydrogen) atoms. The lowest BCUT2D eigenvalue weighted by Crippen LogP contribution is -2.44. The summed E-state index contributed by atoms with van der Waals surface area (Å²) in [6.45, 7) is 5.28. The van der Waals surface area contributed by atoms with Crippen LogP contribution in [-0.4, -0.2) is 39.3 Å². The molecule has 1 heterocycles. The Hall–Kier alpha value is -2.32. The van der Waals surface area contributed by atoms with Gasteiger partial charge in [0.05, 0.1) is 0 Å². The van der Waals surface area contributed by atoms with Gasteiger partial charge in [0.15, 0.2) is 0 Å². The minimum atomic E-state index is -3.62. The summed E-state index contributed by atoms with van der Waals surface area (Å²) in [5, 5.41) is 5.56. The fraction of sp³-hybridized carbons (Fsp3) is 0.500. The van der Waals surface area contributed by atoms with E-state index in [1.54, 1.807) is 20.8 Å². The van der Waals surface area contributed by atoms with Crippen molar-refractivity contribution >= 4 is 18.0 Å². The lowest BCUT2D eigenvalue weighted by Gasteiger charge is -2.18. The zero-order valence-electron chi connectivity index (χ0n) is 12.1. The Balaban J connectivity index is 2.99. The van der Waals surface area contributed by atoms with E-state index in [1.165, 1.54) is 18.5 Å². The molecule has 0 saturated heterocycles. The fourth-order valence-corrected chi connectivity index (χ4v) is 1.11. The van der Waals surface area contributed by atoms with Crippen molar-refractivity contribution in [3.05, 3.63) is 18.5 Å². The molecule has 0 unspecified atom stereocenters. The SMILES string of the molecule is CC(C)(C)OC(=O)N=C(NC(=O)C(C)(F)F)n1cccn1. The Labute approximate surface area is 120 Å². The molecule has 1 rings (SSSR count). The number of hydrogen-bond acceptors (Lipinski definition) is 4. The summed E-state index contributed by atoms with van der Waals surface area (Å²) in [6.07, 6.45) is 1.63. The van der Waals surface area contributed by atoms with Crippen LogP contribution < -0.4 is 5.32 Å². The van der Waals surface area contributed by atoms with Gasteiger partial charge in [-0.25, -0.2) is 9.48 Å². The second kappa shape index (κ2) is 5.98. The van der Waals surface area contributed by atoms with E-state index in [0.29, 0.717) is 6.92 Å². The number of rotatable bonds is 1. The Kier molecular flexibility index (Phi) is 4.77. The highest BCUT2D eigenvalue weighted by atomic mass is 19.3. The number of amides is 2. The number of carbonyl (C=O) groups excluding carboxylic acids is 2. The molecule has 1 aromatic heterocycles. The van der Waals surface area contributed by atoms with Gasteiger partial charge in [0.25, 0.3) is 5.91 Å². The van der Waals surface area contributed by atoms with Crippen LogP contribution in [0.3, 0.4) is 0 Å². The van der Waals surface area contributed by atoms with Gasteiger partial charge in [-0.15, -0.1) is 4.99 Å². The van der Waals surface area contributed by atoms with Crippen molar-refractivity contribution in [1.82, 2.24) is 15.1 Å². The van der Waals surface area contributed by atoms with Crippen molar-refractivity contribution in [1.29, 1.82) is 0 Å². The number of aliphatic imine (C=N–C) groups is 1. The first kappa shape index (κ1) is 16.7. The molecule has 0 atom stereocenters. The molecule has 9 heteroatoms. The molecule has 0 saturated carbocycles. The molecular formula is C12H16F2N4O3. The molecule has 7 nitrogen and oxygen atoms in total. The number of nitrogens with one attached hydrogen (secondary N) is 1. The summed E-state index contributed by atoms with van der Waals surface area (Å²) in [7, 11) is 0. The first-order valence-electron chi connectivity index (χ1n) is 6.00. The van der Waals surface area contributed by atoms with E-state index < -0.39 is 29.5 Å². The van der Waals surface area contributed by atoms with Gasteiger partial charge in [-0.05, 0) is 26.8 Å². The molecule has 0 fully saturated rings. The summed E-state index contributed by atoms with van der Waals surface area (Å²) in [5.41, 5.74) is -0.811. The first-order valence-corrected chi connectivity index (χ1v) is 6.00. The van der Waals surface area contributed by atoms with Crippen LogP contribution in [0, 0.1) is 0 Å². The smallest absolute Gasteiger partial charge is 0.437 e. The monoisotopic (exact) mass is 302 g/mol. The average Bonchev–Trinajstić information content (AvgIpc) is 2.76. The van der Waals surface area contributed by atoms with Gasteiger partial charge >= 0.3 is 12.0 Å². The zero-order valence-corrected chi connectivity index (χ0v) is 12.1. The topological polar surface area (TPSA) is 85.6 Å². The van der Waals surface area contributed by atoms with Gasteiger partial charge in [0.2, 0.25) is 5.96 Å². The highest BCUT2D eigenvalue weighted by molar-refractivity contribution is 6.03. The molecule has 0 aliphatic carbocycles. The quantitative estimate of drug-likeness (QED) is 0.633. The first-order chi connectivity index (χ1) is 9.49. The lowest BCUT2D eigenvalue weighted by molar-refractivity contribution is -0.141. The van der Waals surface area contributed by atoms with Crippen LogP contribution >= 0.6 is 0 Å². The number of halogens is 2. The molecule has 2 amide bonds. The number of ether oxygens (including phenoxy) is 1. The zero-order chi connectivity index (χ0) is 16.3. The second-order valence-corrected chi connectivity index (χ2v) is 5.21. The molecule has 0 spiro atoms. The van der Waals surface area contributed by atoms with Gasteiger partial charge in [0, 0.05) is 19.3 Å². The van der Waals surface area contributed by atoms with E-state index in [4.69, 9.17) is 4.74 Å². The summed E-state index contributed by atoms with van der Waals surface area (Å²) >= 11 is 0. The number of aromatic nitrogens is 2. The minimum Gasteiger partial charge on any atom is -0.442 e. The van der Waals surface area contributed by atoms with Crippen LogP contribution in [0.1, 0.15) is 27.7 Å². The molecule has 1 aromatic rings. The Morgan fingerprint density at radius 1 is 1.29 bits per heavy atom. The molecule has 0 aromatic carbocycles. The molecule has 0 aliphatic rings. The van der Waals surface area contributed by atoms with E-state index in [0.717, 1.165) is 4.68 Å². The third-order valence-corrected chi connectivity index (χ3v) is 1.94. The maximum absolute atomic E-state index is 12.9. The summed E-state index contributed by atoms with van der Waals surface area (Å²) in [4.78, 5) is 26.4. The maximum atomic E-state index is 12.9. The van der Waals surface area contributed by atoms with Gasteiger partial charge in [-0.1, -0.05) is 0 Å². The highest BCUT2D eigenvalue weighted by Gasteiger charge is 2.33. The molecule has 0 bridgehead atoms. The van der Waals surface area contributed by atoms with E-state index in [-0.39, 0.29) is 0 Å². The number of alkyl halides is 2. The predicted octanol–water partition coefficient (Wildman–Crippen LogP) is 1.79. The van der Waals surface area contributed by atoms with Gasteiger partial charge < -0.3 is 4.74 Å². The summed E-state index contributed by atoms with van der Waals surface area (Å²) in [6, 6.07) is 1.47. The molecular weight excluding hydrogens is 286 g/mol. The number of nitrogens with zero attached hydrogens (tertiary/aromatic N) is 3. The average molecular weight is 302 g/mol.